The molecule has 0 saturated carbocycles. The Bertz CT molecular complexity index is 795. The van der Waals surface area contributed by atoms with Crippen LogP contribution in [-0.4, -0.2) is 34.6 Å². The van der Waals surface area contributed by atoms with E-state index < -0.39 is 28.6 Å². The summed E-state index contributed by atoms with van der Waals surface area (Å²) in [6.45, 7) is -0.860. The van der Waals surface area contributed by atoms with Crippen molar-refractivity contribution in [1.82, 2.24) is 19.1 Å². The summed E-state index contributed by atoms with van der Waals surface area (Å²) < 4.78 is 6.45. The molecule has 0 unspecified atom stereocenters. The van der Waals surface area contributed by atoms with Crippen LogP contribution in [0.5, 0.6) is 0 Å². The Morgan fingerprint density at radius 2 is 1.12 bits per heavy atom. The third-order valence-corrected chi connectivity index (χ3v) is 10.5. The molecule has 0 aromatic carbocycles. The van der Waals surface area contributed by atoms with Crippen LogP contribution in [-0.2, 0) is 13.1 Å². The average Bonchev–Trinajstić information content (AvgIpc) is 2.88. The molecule has 0 aliphatic heterocycles. The summed E-state index contributed by atoms with van der Waals surface area (Å²) in [7, 11) is 0. The van der Waals surface area contributed by atoms with E-state index in [1.54, 1.807) is 0 Å². The molecule has 0 aliphatic rings. The molecule has 136 valence electrons. The van der Waals surface area contributed by atoms with Crippen LogP contribution in [0.3, 0.4) is 0 Å². The number of hydrogen-bond donors (Lipinski definition) is 0. The lowest BCUT2D eigenvalue weighted by molar-refractivity contribution is -0.801. The number of aromatic nitrogens is 4. The molecule has 25 heavy (non-hydrogen) atoms. The standard InChI is InChI=1S/C9H4I6N6O4/c10-3-5(12)18(7(14)16-3)1-9(20(22)23,21(24)25)2-19-6(13)4(11)17-8(19)15/h1-2H2. The average molecular weight is 1020 g/mol. The van der Waals surface area contributed by atoms with Gasteiger partial charge in [-0.05, 0) is 90.4 Å². The lowest BCUT2D eigenvalue weighted by Gasteiger charge is -2.20. The fourth-order valence-electron chi connectivity index (χ4n) is 1.88. The fourth-order valence-corrected chi connectivity index (χ4v) is 7.11. The molecule has 2 heterocycles. The predicted octanol–water partition coefficient (Wildman–Crippen LogP) is 3.66. The third-order valence-electron chi connectivity index (χ3n) is 3.14. The van der Waals surface area contributed by atoms with Gasteiger partial charge in [-0.3, -0.25) is 29.4 Å². The molecule has 2 aromatic heterocycles. The number of rotatable bonds is 6. The number of halogens is 6. The van der Waals surface area contributed by atoms with Crippen molar-refractivity contribution in [3.05, 3.63) is 42.7 Å². The lowest BCUT2D eigenvalue weighted by Crippen LogP contribution is -2.53. The smallest absolute Gasteiger partial charge is 0.299 e. The quantitative estimate of drug-likeness (QED) is 0.189. The van der Waals surface area contributed by atoms with E-state index in [1.807, 2.05) is 136 Å². The molecular formula is C9H4I6N6O4. The van der Waals surface area contributed by atoms with Gasteiger partial charge < -0.3 is 0 Å². The van der Waals surface area contributed by atoms with Crippen LogP contribution >= 0.6 is 136 Å². The van der Waals surface area contributed by atoms with E-state index in [9.17, 15) is 20.2 Å². The number of imidazole rings is 2. The number of nitrogens with zero attached hydrogens (tertiary/aromatic N) is 6. The summed E-state index contributed by atoms with van der Waals surface area (Å²) >= 11 is 11.8. The predicted molar refractivity (Wildman–Crippen MR) is 137 cm³/mol. The molecule has 0 N–H and O–H groups in total. The minimum Gasteiger partial charge on any atom is -0.299 e. The normalized spacial score (nSPS) is 11.8. The highest BCUT2D eigenvalue weighted by Crippen LogP contribution is 2.27. The molecule has 0 aliphatic carbocycles. The van der Waals surface area contributed by atoms with Crippen molar-refractivity contribution in [2.24, 2.45) is 0 Å². The van der Waals surface area contributed by atoms with Gasteiger partial charge in [0.25, 0.3) is 0 Å². The molecule has 0 atom stereocenters. The Morgan fingerprint density at radius 1 is 0.800 bits per heavy atom. The summed E-state index contributed by atoms with van der Waals surface area (Å²) in [5, 5.41) is 23.6. The van der Waals surface area contributed by atoms with Crippen LogP contribution in [0.25, 0.3) is 0 Å². The lowest BCUT2D eigenvalue weighted by atomic mass is 10.2. The zero-order valence-electron chi connectivity index (χ0n) is 11.5. The minimum atomic E-state index is -2.44. The van der Waals surface area contributed by atoms with E-state index in [1.165, 1.54) is 9.13 Å². The molecular weight excluding hydrogens is 1020 g/mol. The Labute approximate surface area is 222 Å². The monoisotopic (exact) mass is 1020 g/mol. The highest BCUT2D eigenvalue weighted by molar-refractivity contribution is 14.1. The minimum absolute atomic E-state index is 0.430. The van der Waals surface area contributed by atoms with Crippen LogP contribution in [0.2, 0.25) is 0 Å². The van der Waals surface area contributed by atoms with Crippen LogP contribution in [0, 0.1) is 42.7 Å². The van der Waals surface area contributed by atoms with Gasteiger partial charge in [0.1, 0.15) is 24.6 Å². The molecule has 0 spiro atoms. The summed E-state index contributed by atoms with van der Waals surface area (Å²) in [6.07, 6.45) is 0. The molecule has 0 saturated heterocycles. The van der Waals surface area contributed by atoms with Gasteiger partial charge in [0.2, 0.25) is 0 Å². The number of nitro groups is 2. The van der Waals surface area contributed by atoms with Crippen LogP contribution in [0.1, 0.15) is 0 Å². The van der Waals surface area contributed by atoms with Gasteiger partial charge >= 0.3 is 5.66 Å². The SMILES string of the molecule is O=[N+]([O-])C(Cn1c(I)nc(I)c1I)(Cn1c(I)nc(I)c1I)[N+](=O)[O-]. The maximum atomic E-state index is 11.8. The first-order valence-electron chi connectivity index (χ1n) is 5.94. The molecule has 2 aromatic rings. The summed E-state index contributed by atoms with van der Waals surface area (Å²) in [5.41, 5.74) is -2.44. The van der Waals surface area contributed by atoms with Gasteiger partial charge in [-0.1, -0.05) is 0 Å². The Morgan fingerprint density at radius 3 is 1.32 bits per heavy atom. The van der Waals surface area contributed by atoms with E-state index >= 15 is 0 Å². The first-order chi connectivity index (χ1) is 11.5. The largest absolute Gasteiger partial charge is 0.492 e. The van der Waals surface area contributed by atoms with E-state index in [0.717, 1.165) is 0 Å². The van der Waals surface area contributed by atoms with Gasteiger partial charge in [0.05, 0.1) is 0 Å². The zero-order chi connectivity index (χ0) is 19.1. The zero-order valence-corrected chi connectivity index (χ0v) is 24.4. The molecule has 0 bridgehead atoms. The summed E-state index contributed by atoms with van der Waals surface area (Å²) in [6, 6.07) is 0. The van der Waals surface area contributed by atoms with E-state index in [2.05, 4.69) is 9.97 Å². The van der Waals surface area contributed by atoms with Crippen molar-refractivity contribution in [1.29, 1.82) is 0 Å². The Balaban J connectivity index is 2.58. The second-order valence-electron chi connectivity index (χ2n) is 4.59. The first kappa shape index (κ1) is 22.9. The maximum Gasteiger partial charge on any atom is 0.492 e. The van der Waals surface area contributed by atoms with Gasteiger partial charge in [0.15, 0.2) is 20.8 Å². The molecule has 0 radical (unpaired) electrons. The first-order valence-corrected chi connectivity index (χ1v) is 12.4. The van der Waals surface area contributed by atoms with Crippen molar-refractivity contribution >= 4 is 136 Å². The molecule has 0 fully saturated rings. The highest BCUT2D eigenvalue weighted by Gasteiger charge is 2.58. The van der Waals surface area contributed by atoms with Crippen molar-refractivity contribution in [2.75, 3.05) is 0 Å². The fraction of sp³-hybridized carbons (Fsp3) is 0.333. The molecule has 10 nitrogen and oxygen atoms in total. The van der Waals surface area contributed by atoms with Crippen molar-refractivity contribution in [2.45, 2.75) is 18.8 Å². The van der Waals surface area contributed by atoms with Crippen LogP contribution in [0.4, 0.5) is 0 Å². The van der Waals surface area contributed by atoms with Crippen LogP contribution < -0.4 is 0 Å². The second kappa shape index (κ2) is 8.95. The van der Waals surface area contributed by atoms with Gasteiger partial charge in [0, 0.05) is 45.2 Å². The highest BCUT2D eigenvalue weighted by atomic mass is 127. The maximum absolute atomic E-state index is 11.8. The Kier molecular flexibility index (Phi) is 8.19. The van der Waals surface area contributed by atoms with Gasteiger partial charge in [-0.25, -0.2) is 9.97 Å². The molecule has 0 amide bonds. The Hall–Kier alpha value is 1.60. The van der Waals surface area contributed by atoms with Crippen molar-refractivity contribution < 1.29 is 9.85 Å². The van der Waals surface area contributed by atoms with E-state index in [-0.39, 0.29) is 0 Å². The van der Waals surface area contributed by atoms with E-state index in [4.69, 9.17) is 0 Å². The van der Waals surface area contributed by atoms with Gasteiger partial charge in [-0.2, -0.15) is 0 Å². The third kappa shape index (κ3) is 4.61. The van der Waals surface area contributed by atoms with Gasteiger partial charge in [-0.15, -0.1) is 0 Å². The van der Waals surface area contributed by atoms with Crippen LogP contribution in [0.15, 0.2) is 0 Å². The summed E-state index contributed by atoms with van der Waals surface area (Å²) in [5.74, 6) is 0. The van der Waals surface area contributed by atoms with E-state index in [0.29, 0.717) is 22.5 Å². The van der Waals surface area contributed by atoms with Crippen molar-refractivity contribution in [3.8, 4) is 0 Å². The molecule has 2 rings (SSSR count). The molecule has 16 heteroatoms. The number of hydrogen-bond acceptors (Lipinski definition) is 6. The summed E-state index contributed by atoms with van der Waals surface area (Å²) in [4.78, 5) is 30.4. The van der Waals surface area contributed by atoms with Crippen molar-refractivity contribution in [3.63, 3.8) is 0 Å². The second-order valence-corrected chi connectivity index (χ2v) is 10.6. The topological polar surface area (TPSA) is 122 Å².